The number of H-pyrrole nitrogens is 1. The van der Waals surface area contributed by atoms with E-state index in [1.807, 2.05) is 78.9 Å². The predicted octanol–water partition coefficient (Wildman–Crippen LogP) is 6.44. The quantitative estimate of drug-likeness (QED) is 0.0677. The molecule has 1 saturated heterocycles. The molecule has 4 aromatic rings. The maximum absolute atomic E-state index is 13.3. The van der Waals surface area contributed by atoms with Crippen molar-refractivity contribution in [1.82, 2.24) is 14.2 Å². The van der Waals surface area contributed by atoms with Crippen LogP contribution in [0.15, 0.2) is 94.6 Å². The van der Waals surface area contributed by atoms with E-state index in [0.29, 0.717) is 17.1 Å². The van der Waals surface area contributed by atoms with Crippen LogP contribution in [0.3, 0.4) is 0 Å². The molecule has 0 radical (unpaired) electrons. The van der Waals surface area contributed by atoms with Crippen LogP contribution in [0.2, 0.25) is 0 Å². The zero-order valence-corrected chi connectivity index (χ0v) is 33.5. The van der Waals surface area contributed by atoms with Gasteiger partial charge in [-0.2, -0.15) is 5.26 Å². The number of benzene rings is 3. The molecule has 5 rings (SSSR count). The molecular weight excluding hydrogens is 723 g/mol. The SMILES string of the molecule is COc1ccc(C(OC[C@H]2O[C@@H](n3cc(C)c(=O)[nH]c3=O)[C@H](OC)[C@@H]2OP(OCCC#N)N(C(C)C)C(C)C)(c2ccccc2)c2ccc(OC)cc2)cc1. The minimum atomic E-state index is -1.78. The van der Waals surface area contributed by atoms with Crippen LogP contribution in [-0.4, -0.2) is 79.2 Å². The lowest BCUT2D eigenvalue weighted by Crippen LogP contribution is -2.43. The van der Waals surface area contributed by atoms with E-state index in [0.717, 1.165) is 16.7 Å². The molecule has 0 bridgehead atoms. The Morgan fingerprint density at radius 3 is 1.95 bits per heavy atom. The average Bonchev–Trinajstić information content (AvgIpc) is 3.53. The van der Waals surface area contributed by atoms with Crippen molar-refractivity contribution < 1.29 is 32.7 Å². The van der Waals surface area contributed by atoms with E-state index in [2.05, 4.69) is 43.4 Å². The van der Waals surface area contributed by atoms with Gasteiger partial charge in [0.05, 0.1) is 39.9 Å². The lowest BCUT2D eigenvalue weighted by atomic mass is 9.80. The zero-order chi connectivity index (χ0) is 39.7. The monoisotopic (exact) mass is 774 g/mol. The molecule has 5 atom stereocenters. The normalized spacial score (nSPS) is 19.2. The van der Waals surface area contributed by atoms with Gasteiger partial charge in [-0.05, 0) is 75.6 Å². The molecule has 1 aromatic heterocycles. The molecule has 1 aliphatic rings. The second kappa shape index (κ2) is 19.0. The molecule has 1 aliphatic heterocycles. The highest BCUT2D eigenvalue weighted by atomic mass is 31.2. The molecule has 3 aromatic carbocycles. The number of methoxy groups -OCH3 is 3. The number of hydrogen-bond donors (Lipinski definition) is 1. The summed E-state index contributed by atoms with van der Waals surface area (Å²) in [5, 5.41) is 9.35. The standard InChI is InChI=1S/C41H51N4O9P/c1-27(2)45(28(3)4)55(52-24-12-23-42)54-36-35(53-39(37(36)50-8)44-25-29(5)38(46)43-40(44)47)26-51-41(30-13-10-9-11-14-30,31-15-19-33(48-6)20-16-31)32-17-21-34(49-7)22-18-32/h9-11,13-22,25,27-28,35-37,39H,12,24,26H2,1-8H3,(H,43,46,47)/t35-,36-,37-,39-,55?/m1/s1. The third kappa shape index (κ3) is 9.20. The summed E-state index contributed by atoms with van der Waals surface area (Å²) in [4.78, 5) is 28.1. The Morgan fingerprint density at radius 2 is 1.44 bits per heavy atom. The Balaban J connectivity index is 1.66. The topological polar surface area (TPSA) is 147 Å². The number of hydrogen-bond acceptors (Lipinski definition) is 11. The van der Waals surface area contributed by atoms with E-state index in [9.17, 15) is 14.9 Å². The first kappa shape index (κ1) is 41.8. The summed E-state index contributed by atoms with van der Waals surface area (Å²) in [6.45, 7) is 9.92. The first-order chi connectivity index (χ1) is 26.5. The molecule has 1 fully saturated rings. The third-order valence-corrected chi connectivity index (χ3v) is 11.6. The number of nitriles is 1. The lowest BCUT2D eigenvalue weighted by molar-refractivity contribution is -0.0958. The van der Waals surface area contributed by atoms with E-state index < -0.39 is 49.9 Å². The van der Waals surface area contributed by atoms with Crippen LogP contribution in [-0.2, 0) is 28.9 Å². The van der Waals surface area contributed by atoms with Crippen LogP contribution in [0.5, 0.6) is 11.5 Å². The molecule has 2 heterocycles. The summed E-state index contributed by atoms with van der Waals surface area (Å²) in [6.07, 6.45) is -1.91. The number of rotatable bonds is 18. The smallest absolute Gasteiger partial charge is 0.330 e. The second-order valence-corrected chi connectivity index (χ2v) is 15.1. The zero-order valence-electron chi connectivity index (χ0n) is 32.6. The predicted molar refractivity (Wildman–Crippen MR) is 209 cm³/mol. The maximum Gasteiger partial charge on any atom is 0.330 e. The highest BCUT2D eigenvalue weighted by Gasteiger charge is 2.51. The van der Waals surface area contributed by atoms with Crippen LogP contribution in [0, 0.1) is 18.3 Å². The van der Waals surface area contributed by atoms with E-state index in [1.165, 1.54) is 17.9 Å². The summed E-state index contributed by atoms with van der Waals surface area (Å²) in [5.74, 6) is 1.37. The summed E-state index contributed by atoms with van der Waals surface area (Å²) >= 11 is 0. The number of aryl methyl sites for hydroxylation is 1. The number of aromatic nitrogens is 2. The molecule has 0 aliphatic carbocycles. The molecule has 1 unspecified atom stereocenters. The van der Waals surface area contributed by atoms with Gasteiger partial charge in [0.1, 0.15) is 35.4 Å². The van der Waals surface area contributed by atoms with E-state index >= 15 is 0 Å². The van der Waals surface area contributed by atoms with Crippen LogP contribution in [0.25, 0.3) is 0 Å². The van der Waals surface area contributed by atoms with Crippen molar-refractivity contribution in [2.75, 3.05) is 34.5 Å². The fourth-order valence-electron chi connectivity index (χ4n) is 6.90. The average molecular weight is 775 g/mol. The van der Waals surface area contributed by atoms with Crippen LogP contribution in [0.1, 0.15) is 62.6 Å². The van der Waals surface area contributed by atoms with Crippen molar-refractivity contribution in [2.45, 2.75) is 83.3 Å². The van der Waals surface area contributed by atoms with Gasteiger partial charge in [-0.3, -0.25) is 14.3 Å². The molecule has 0 saturated carbocycles. The van der Waals surface area contributed by atoms with Crippen LogP contribution in [0.4, 0.5) is 0 Å². The minimum absolute atomic E-state index is 0.0161. The van der Waals surface area contributed by atoms with Crippen molar-refractivity contribution >= 4 is 8.53 Å². The van der Waals surface area contributed by atoms with Gasteiger partial charge in [-0.25, -0.2) is 9.46 Å². The molecular formula is C41H51N4O9P. The molecule has 0 amide bonds. The second-order valence-electron chi connectivity index (χ2n) is 13.7. The first-order valence-electron chi connectivity index (χ1n) is 18.2. The van der Waals surface area contributed by atoms with Gasteiger partial charge in [-0.1, -0.05) is 54.6 Å². The van der Waals surface area contributed by atoms with Crippen molar-refractivity contribution in [3.05, 3.63) is 128 Å². The molecule has 1 N–H and O–H groups in total. The minimum Gasteiger partial charge on any atom is -0.497 e. The number of aromatic amines is 1. The Hall–Kier alpha value is -4.38. The Kier molecular flexibility index (Phi) is 14.4. The van der Waals surface area contributed by atoms with Gasteiger partial charge in [0, 0.05) is 31.0 Å². The molecule has 294 valence electrons. The van der Waals surface area contributed by atoms with Crippen LogP contribution >= 0.6 is 8.53 Å². The van der Waals surface area contributed by atoms with Gasteiger partial charge in [-0.15, -0.1) is 0 Å². The third-order valence-electron chi connectivity index (χ3n) is 9.49. The van der Waals surface area contributed by atoms with Gasteiger partial charge >= 0.3 is 5.69 Å². The lowest BCUT2D eigenvalue weighted by Gasteiger charge is -2.39. The van der Waals surface area contributed by atoms with Crippen molar-refractivity contribution in [3.63, 3.8) is 0 Å². The highest BCUT2D eigenvalue weighted by Crippen LogP contribution is 2.51. The van der Waals surface area contributed by atoms with Crippen LogP contribution < -0.4 is 20.7 Å². The summed E-state index contributed by atoms with van der Waals surface area (Å²) < 4.78 is 47.9. The summed E-state index contributed by atoms with van der Waals surface area (Å²) in [6, 6.07) is 27.5. The van der Waals surface area contributed by atoms with E-state index in [1.54, 1.807) is 21.1 Å². The molecule has 13 nitrogen and oxygen atoms in total. The molecule has 14 heteroatoms. The Labute approximate surface area is 323 Å². The van der Waals surface area contributed by atoms with Gasteiger partial charge in [0.15, 0.2) is 6.23 Å². The summed E-state index contributed by atoms with van der Waals surface area (Å²) in [5.41, 5.74) is 0.477. The number of nitrogens with zero attached hydrogens (tertiary/aromatic N) is 3. The van der Waals surface area contributed by atoms with Crippen molar-refractivity contribution in [3.8, 4) is 17.6 Å². The molecule has 55 heavy (non-hydrogen) atoms. The van der Waals surface area contributed by atoms with E-state index in [4.69, 9.17) is 32.7 Å². The van der Waals surface area contributed by atoms with Gasteiger partial charge in [0.2, 0.25) is 0 Å². The maximum atomic E-state index is 13.3. The Bertz CT molecular complexity index is 1930. The largest absolute Gasteiger partial charge is 0.497 e. The van der Waals surface area contributed by atoms with Gasteiger partial charge < -0.3 is 32.7 Å². The molecule has 0 spiro atoms. The van der Waals surface area contributed by atoms with Gasteiger partial charge in [0.25, 0.3) is 14.1 Å². The van der Waals surface area contributed by atoms with E-state index in [-0.39, 0.29) is 31.7 Å². The van der Waals surface area contributed by atoms with Crippen molar-refractivity contribution in [1.29, 1.82) is 5.26 Å². The fraction of sp³-hybridized carbons (Fsp3) is 0.439. The fourth-order valence-corrected chi connectivity index (χ4v) is 8.67. The number of nitrogens with one attached hydrogen (secondary N) is 1. The summed E-state index contributed by atoms with van der Waals surface area (Å²) in [7, 11) is 2.98. The first-order valence-corrected chi connectivity index (χ1v) is 19.4. The highest BCUT2D eigenvalue weighted by molar-refractivity contribution is 7.44. The van der Waals surface area contributed by atoms with Crippen molar-refractivity contribution in [2.24, 2.45) is 0 Å². The number of ether oxygens (including phenoxy) is 5. The Morgan fingerprint density at radius 1 is 0.873 bits per heavy atom.